The molecule has 11 heteroatoms. The third-order valence-electron chi connectivity index (χ3n) is 5.22. The number of piperazine rings is 1. The summed E-state index contributed by atoms with van der Waals surface area (Å²) in [6.07, 6.45) is 0. The molecule has 9 nitrogen and oxygen atoms in total. The Morgan fingerprint density at radius 1 is 1.22 bits per heavy atom. The Kier molecular flexibility index (Phi) is 7.88. The molecule has 0 radical (unpaired) electrons. The predicted molar refractivity (Wildman–Crippen MR) is 121 cm³/mol. The molecule has 1 heterocycles. The molecule has 2 N–H and O–H groups in total. The number of halogens is 1. The molecule has 172 valence electrons. The molecule has 1 fully saturated rings. The van der Waals surface area contributed by atoms with Gasteiger partial charge in [-0.1, -0.05) is 33.8 Å². The third-order valence-corrected chi connectivity index (χ3v) is 7.66. The molecule has 0 aliphatic carbocycles. The van der Waals surface area contributed by atoms with E-state index in [1.807, 2.05) is 0 Å². The molecule has 2 aromatic carbocycles. The normalized spacial score (nSPS) is 16.0. The number of nitrogens with zero attached hydrogens (tertiary/aromatic N) is 2. The van der Waals surface area contributed by atoms with Crippen molar-refractivity contribution in [3.8, 4) is 11.5 Å². The maximum atomic E-state index is 12.8. The maximum Gasteiger partial charge on any atom is 0.295 e. The topological polar surface area (TPSA) is 116 Å². The summed E-state index contributed by atoms with van der Waals surface area (Å²) in [6.45, 7) is 3.63. The van der Waals surface area contributed by atoms with E-state index in [0.29, 0.717) is 37.5 Å². The van der Waals surface area contributed by atoms with Gasteiger partial charge in [0.05, 0.1) is 43.9 Å². The van der Waals surface area contributed by atoms with Crippen LogP contribution in [-0.2, 0) is 14.8 Å². The Labute approximate surface area is 195 Å². The number of sulfonamides is 1. The van der Waals surface area contributed by atoms with Crippen molar-refractivity contribution in [2.75, 3.05) is 39.8 Å². The number of amides is 1. The third kappa shape index (κ3) is 5.85. The number of methoxy groups -OCH3 is 1. The Hall–Kier alpha value is -2.47. The summed E-state index contributed by atoms with van der Waals surface area (Å²) in [5.74, 6) is -0.280. The molecular weight excluding hydrogens is 500 g/mol. The van der Waals surface area contributed by atoms with Crippen molar-refractivity contribution in [1.29, 1.82) is 0 Å². The molecule has 0 atom stereocenters. The fourth-order valence-electron chi connectivity index (χ4n) is 3.35. The second-order valence-electron chi connectivity index (χ2n) is 7.38. The van der Waals surface area contributed by atoms with Gasteiger partial charge in [0, 0.05) is 10.0 Å². The van der Waals surface area contributed by atoms with Gasteiger partial charge in [-0.25, -0.2) is 13.8 Å². The highest BCUT2D eigenvalue weighted by atomic mass is 79.9. The Morgan fingerprint density at radius 2 is 1.88 bits per heavy atom. The van der Waals surface area contributed by atoms with Gasteiger partial charge < -0.3 is 14.7 Å². The predicted octanol–water partition coefficient (Wildman–Crippen LogP) is -0.0391. The summed E-state index contributed by atoms with van der Waals surface area (Å²) in [5.41, 5.74) is 3.73. The summed E-state index contributed by atoms with van der Waals surface area (Å²) in [7, 11) is -2.13. The lowest BCUT2D eigenvalue weighted by Gasteiger charge is -2.31. The molecule has 0 bridgehead atoms. The average molecular weight is 525 g/mol. The molecule has 0 unspecified atom stereocenters. The van der Waals surface area contributed by atoms with Crippen molar-refractivity contribution in [3.05, 3.63) is 52.5 Å². The molecule has 2 aromatic rings. The SMILES string of the molecule is COc1cc(/C(C)=N\NC(=O)C[NH+]2CCN(S(=O)(=O)c3ccc(Br)cc3)CC2)ccc1[O-]. The fraction of sp³-hybridized carbons (Fsp3) is 0.333. The van der Waals surface area contributed by atoms with E-state index in [4.69, 9.17) is 4.74 Å². The largest absolute Gasteiger partial charge is 0.870 e. The van der Waals surface area contributed by atoms with Gasteiger partial charge in [0.15, 0.2) is 6.54 Å². The van der Waals surface area contributed by atoms with Crippen molar-refractivity contribution in [1.82, 2.24) is 9.73 Å². The van der Waals surface area contributed by atoms with Gasteiger partial charge in [-0.3, -0.25) is 4.79 Å². The van der Waals surface area contributed by atoms with Crippen LogP contribution in [0, 0.1) is 0 Å². The van der Waals surface area contributed by atoms with E-state index in [2.05, 4.69) is 26.5 Å². The average Bonchev–Trinajstić information content (AvgIpc) is 2.78. The molecule has 0 saturated carbocycles. The van der Waals surface area contributed by atoms with E-state index in [1.54, 1.807) is 43.3 Å². The van der Waals surface area contributed by atoms with E-state index in [-0.39, 0.29) is 28.8 Å². The minimum atomic E-state index is -3.55. The lowest BCUT2D eigenvalue weighted by Crippen LogP contribution is -3.15. The summed E-state index contributed by atoms with van der Waals surface area (Å²) in [6, 6.07) is 11.1. The minimum absolute atomic E-state index is 0.186. The summed E-state index contributed by atoms with van der Waals surface area (Å²) >= 11 is 3.31. The number of quaternary nitrogens is 1. The van der Waals surface area contributed by atoms with E-state index >= 15 is 0 Å². The maximum absolute atomic E-state index is 12.8. The van der Waals surface area contributed by atoms with Crippen molar-refractivity contribution in [2.24, 2.45) is 5.10 Å². The van der Waals surface area contributed by atoms with Gasteiger partial charge in [-0.2, -0.15) is 9.41 Å². The van der Waals surface area contributed by atoms with E-state index in [0.717, 1.165) is 9.37 Å². The van der Waals surface area contributed by atoms with Crippen molar-refractivity contribution in [2.45, 2.75) is 11.8 Å². The van der Waals surface area contributed by atoms with Crippen molar-refractivity contribution < 1.29 is 28.0 Å². The van der Waals surface area contributed by atoms with Gasteiger partial charge >= 0.3 is 0 Å². The first-order chi connectivity index (χ1) is 15.2. The molecule has 1 aliphatic rings. The molecule has 0 aromatic heterocycles. The molecular formula is C21H25BrN4O5S. The van der Waals surface area contributed by atoms with Gasteiger partial charge in [0.2, 0.25) is 10.0 Å². The number of carbonyl (C=O) groups excluding carboxylic acids is 1. The van der Waals surface area contributed by atoms with E-state index < -0.39 is 10.0 Å². The number of rotatable bonds is 7. The van der Waals surface area contributed by atoms with Gasteiger partial charge in [0.1, 0.15) is 5.75 Å². The van der Waals surface area contributed by atoms with Crippen molar-refractivity contribution >= 4 is 37.6 Å². The molecule has 3 rings (SSSR count). The number of ether oxygens (including phenoxy) is 1. The molecule has 1 aliphatic heterocycles. The first-order valence-electron chi connectivity index (χ1n) is 9.98. The highest BCUT2D eigenvalue weighted by molar-refractivity contribution is 9.10. The first-order valence-corrected chi connectivity index (χ1v) is 12.2. The van der Waals surface area contributed by atoms with Crippen LogP contribution < -0.4 is 20.2 Å². The second-order valence-corrected chi connectivity index (χ2v) is 10.2. The number of nitrogens with one attached hydrogen (secondary N) is 2. The van der Waals surface area contributed by atoms with Crippen LogP contribution in [0.1, 0.15) is 12.5 Å². The van der Waals surface area contributed by atoms with Crippen LogP contribution >= 0.6 is 15.9 Å². The van der Waals surface area contributed by atoms with Gasteiger partial charge in [-0.15, -0.1) is 0 Å². The second kappa shape index (κ2) is 10.4. The number of hydrogen-bond donors (Lipinski definition) is 2. The summed E-state index contributed by atoms with van der Waals surface area (Å²) in [5, 5.41) is 15.7. The van der Waals surface area contributed by atoms with Crippen molar-refractivity contribution in [3.63, 3.8) is 0 Å². The fourth-order valence-corrected chi connectivity index (χ4v) is 5.05. The number of benzene rings is 2. The van der Waals surface area contributed by atoms with Crippen LogP contribution in [-0.4, -0.2) is 64.2 Å². The Morgan fingerprint density at radius 3 is 2.50 bits per heavy atom. The molecule has 32 heavy (non-hydrogen) atoms. The first kappa shape index (κ1) is 24.2. The van der Waals surface area contributed by atoms with Crippen LogP contribution in [0.15, 0.2) is 56.9 Å². The van der Waals surface area contributed by atoms with Crippen LogP contribution in [0.2, 0.25) is 0 Å². The summed E-state index contributed by atoms with van der Waals surface area (Å²) in [4.78, 5) is 13.5. The molecule has 0 spiro atoms. The highest BCUT2D eigenvalue weighted by Crippen LogP contribution is 2.24. The lowest BCUT2D eigenvalue weighted by molar-refractivity contribution is -0.895. The summed E-state index contributed by atoms with van der Waals surface area (Å²) < 4.78 is 32.9. The van der Waals surface area contributed by atoms with Crippen LogP contribution in [0.3, 0.4) is 0 Å². The number of hydrazone groups is 1. The standard InChI is InChI=1S/C21H25BrN4O5S/c1-15(16-3-8-19(27)20(13-16)31-2)23-24-21(28)14-25-9-11-26(12-10-25)32(29,30)18-6-4-17(22)5-7-18/h3-8,13,27H,9-12,14H2,1-2H3,(H,24,28)/b23-15-. The zero-order chi connectivity index (χ0) is 23.3. The van der Waals surface area contributed by atoms with Crippen LogP contribution in [0.5, 0.6) is 11.5 Å². The monoisotopic (exact) mass is 524 g/mol. The zero-order valence-electron chi connectivity index (χ0n) is 17.8. The zero-order valence-corrected chi connectivity index (χ0v) is 20.2. The van der Waals surface area contributed by atoms with Crippen LogP contribution in [0.4, 0.5) is 0 Å². The Balaban J connectivity index is 1.52. The minimum Gasteiger partial charge on any atom is -0.870 e. The molecule has 1 saturated heterocycles. The number of carbonyl (C=O) groups is 1. The highest BCUT2D eigenvalue weighted by Gasteiger charge is 2.31. The Bertz CT molecular complexity index is 1100. The van der Waals surface area contributed by atoms with Crippen LogP contribution in [0.25, 0.3) is 0 Å². The lowest BCUT2D eigenvalue weighted by atomic mass is 10.1. The quantitative estimate of drug-likeness (QED) is 0.389. The van der Waals surface area contributed by atoms with Gasteiger partial charge in [-0.05, 0) is 37.3 Å². The molecule has 1 amide bonds. The van der Waals surface area contributed by atoms with E-state index in [1.165, 1.54) is 17.5 Å². The number of hydrogen-bond acceptors (Lipinski definition) is 6. The van der Waals surface area contributed by atoms with E-state index in [9.17, 15) is 18.3 Å². The smallest absolute Gasteiger partial charge is 0.295 e. The van der Waals surface area contributed by atoms with Gasteiger partial charge in [0.25, 0.3) is 5.91 Å².